The quantitative estimate of drug-likeness (QED) is 0.732. The molecular weight excluding hydrogens is 371 g/mol. The highest BCUT2D eigenvalue weighted by Crippen LogP contribution is 2.22. The average molecular weight is 392 g/mol. The van der Waals surface area contributed by atoms with Crippen LogP contribution in [0.5, 0.6) is 0 Å². The van der Waals surface area contributed by atoms with E-state index >= 15 is 0 Å². The Morgan fingerprint density at radius 1 is 1.07 bits per heavy atom. The van der Waals surface area contributed by atoms with Crippen molar-refractivity contribution in [1.82, 2.24) is 4.31 Å². The molecule has 0 saturated carbocycles. The van der Waals surface area contributed by atoms with Crippen LogP contribution in [0.25, 0.3) is 0 Å². The summed E-state index contributed by atoms with van der Waals surface area (Å²) in [7, 11) is -3.71. The second kappa shape index (κ2) is 8.06. The molecular formula is C19H21FN2O4S. The summed E-state index contributed by atoms with van der Waals surface area (Å²) >= 11 is 0. The number of hydrogen-bond donors (Lipinski definition) is 0. The second-order valence-electron chi connectivity index (χ2n) is 6.12. The molecule has 0 atom stereocenters. The van der Waals surface area contributed by atoms with Gasteiger partial charge in [0.05, 0.1) is 17.1 Å². The first-order valence-corrected chi connectivity index (χ1v) is 10.1. The minimum absolute atomic E-state index is 0.0725. The van der Waals surface area contributed by atoms with Crippen LogP contribution < -0.4 is 4.90 Å². The van der Waals surface area contributed by atoms with E-state index in [0.717, 1.165) is 5.69 Å². The molecule has 2 aromatic carbocycles. The van der Waals surface area contributed by atoms with Gasteiger partial charge in [-0.3, -0.25) is 0 Å². The standard InChI is InChI=1S/C19H21FN2O4S/c1-2-26-19(23)15-4-3-5-18(14-15)27(24,25)22-12-10-21(11-13-22)17-8-6-16(20)7-9-17/h3-9,14H,2,10-13H2,1H3. The van der Waals surface area contributed by atoms with Crippen molar-refractivity contribution in [2.45, 2.75) is 11.8 Å². The Morgan fingerprint density at radius 2 is 1.74 bits per heavy atom. The molecule has 2 aromatic rings. The van der Waals surface area contributed by atoms with Gasteiger partial charge < -0.3 is 9.64 Å². The fourth-order valence-electron chi connectivity index (χ4n) is 2.99. The molecule has 144 valence electrons. The molecule has 1 heterocycles. The number of nitrogens with zero attached hydrogens (tertiary/aromatic N) is 2. The Balaban J connectivity index is 1.72. The van der Waals surface area contributed by atoms with Crippen LogP contribution in [0.2, 0.25) is 0 Å². The first kappa shape index (κ1) is 19.3. The summed E-state index contributed by atoms with van der Waals surface area (Å²) in [6, 6.07) is 12.0. The average Bonchev–Trinajstić information content (AvgIpc) is 2.69. The summed E-state index contributed by atoms with van der Waals surface area (Å²) in [6.07, 6.45) is 0. The number of piperazine rings is 1. The summed E-state index contributed by atoms with van der Waals surface area (Å²) in [6.45, 7) is 3.54. The van der Waals surface area contributed by atoms with Gasteiger partial charge in [-0.2, -0.15) is 4.31 Å². The molecule has 1 fully saturated rings. The van der Waals surface area contributed by atoms with E-state index in [1.54, 1.807) is 19.1 Å². The van der Waals surface area contributed by atoms with Crippen LogP contribution in [0.4, 0.5) is 10.1 Å². The molecule has 8 heteroatoms. The molecule has 1 aliphatic heterocycles. The number of hydrogen-bond acceptors (Lipinski definition) is 5. The number of carbonyl (C=O) groups is 1. The van der Waals surface area contributed by atoms with Crippen LogP contribution in [0.15, 0.2) is 53.4 Å². The Hall–Kier alpha value is -2.45. The third-order valence-corrected chi connectivity index (χ3v) is 6.31. The molecule has 0 radical (unpaired) electrons. The second-order valence-corrected chi connectivity index (χ2v) is 8.05. The Bertz CT molecular complexity index is 908. The topological polar surface area (TPSA) is 66.9 Å². The van der Waals surface area contributed by atoms with Gasteiger partial charge in [0.25, 0.3) is 0 Å². The van der Waals surface area contributed by atoms with Crippen molar-refractivity contribution in [2.75, 3.05) is 37.7 Å². The number of ether oxygens (including phenoxy) is 1. The largest absolute Gasteiger partial charge is 0.462 e. The molecule has 1 saturated heterocycles. The van der Waals surface area contributed by atoms with Crippen LogP contribution >= 0.6 is 0 Å². The van der Waals surface area contributed by atoms with Crippen LogP contribution in [0.3, 0.4) is 0 Å². The SMILES string of the molecule is CCOC(=O)c1cccc(S(=O)(=O)N2CCN(c3ccc(F)cc3)CC2)c1. The van der Waals surface area contributed by atoms with Crippen molar-refractivity contribution in [2.24, 2.45) is 0 Å². The third kappa shape index (κ3) is 4.28. The summed E-state index contributed by atoms with van der Waals surface area (Å²) in [5.74, 6) is -0.850. The lowest BCUT2D eigenvalue weighted by Crippen LogP contribution is -2.48. The third-order valence-electron chi connectivity index (χ3n) is 4.41. The molecule has 6 nitrogen and oxygen atoms in total. The maximum Gasteiger partial charge on any atom is 0.338 e. The monoisotopic (exact) mass is 392 g/mol. The first-order chi connectivity index (χ1) is 12.9. The Labute approximate surface area is 158 Å². The van der Waals surface area contributed by atoms with E-state index in [-0.39, 0.29) is 22.9 Å². The normalized spacial score (nSPS) is 15.6. The van der Waals surface area contributed by atoms with Crippen molar-refractivity contribution in [3.8, 4) is 0 Å². The van der Waals surface area contributed by atoms with Gasteiger partial charge in [-0.15, -0.1) is 0 Å². The number of benzene rings is 2. The van der Waals surface area contributed by atoms with E-state index in [9.17, 15) is 17.6 Å². The van der Waals surface area contributed by atoms with Gasteiger partial charge in [0.1, 0.15) is 5.82 Å². The van der Waals surface area contributed by atoms with Gasteiger partial charge in [-0.1, -0.05) is 6.07 Å². The summed E-state index contributed by atoms with van der Waals surface area (Å²) in [4.78, 5) is 13.9. The number of esters is 1. The minimum atomic E-state index is -3.71. The van der Waals surface area contributed by atoms with Gasteiger partial charge in [-0.05, 0) is 49.4 Å². The zero-order valence-electron chi connectivity index (χ0n) is 15.0. The maximum atomic E-state index is 13.1. The number of carbonyl (C=O) groups excluding carboxylic acids is 1. The van der Waals surface area contributed by atoms with E-state index in [4.69, 9.17) is 4.74 Å². The molecule has 0 aliphatic carbocycles. The maximum absolute atomic E-state index is 13.1. The number of halogens is 1. The lowest BCUT2D eigenvalue weighted by Gasteiger charge is -2.35. The van der Waals surface area contributed by atoms with Gasteiger partial charge in [0, 0.05) is 31.9 Å². The van der Waals surface area contributed by atoms with Crippen molar-refractivity contribution < 1.29 is 22.3 Å². The van der Waals surface area contributed by atoms with E-state index in [1.807, 2.05) is 4.90 Å². The van der Waals surface area contributed by atoms with E-state index < -0.39 is 16.0 Å². The van der Waals surface area contributed by atoms with Crippen LogP contribution in [-0.4, -0.2) is 51.5 Å². The zero-order chi connectivity index (χ0) is 19.4. The van der Waals surface area contributed by atoms with Crippen LogP contribution in [0.1, 0.15) is 17.3 Å². The number of sulfonamides is 1. The van der Waals surface area contributed by atoms with Gasteiger partial charge in [-0.25, -0.2) is 17.6 Å². The predicted octanol–water partition coefficient (Wildman–Crippen LogP) is 2.51. The lowest BCUT2D eigenvalue weighted by molar-refractivity contribution is 0.0526. The molecule has 1 aliphatic rings. The fourth-order valence-corrected chi connectivity index (χ4v) is 4.45. The highest BCUT2D eigenvalue weighted by atomic mass is 32.2. The fraction of sp³-hybridized carbons (Fsp3) is 0.316. The highest BCUT2D eigenvalue weighted by molar-refractivity contribution is 7.89. The highest BCUT2D eigenvalue weighted by Gasteiger charge is 2.29. The van der Waals surface area contributed by atoms with E-state index in [1.165, 1.54) is 40.7 Å². The van der Waals surface area contributed by atoms with Gasteiger partial charge >= 0.3 is 5.97 Å². The molecule has 0 amide bonds. The molecule has 0 bridgehead atoms. The van der Waals surface area contributed by atoms with Crippen molar-refractivity contribution >= 4 is 21.7 Å². The molecule has 0 aromatic heterocycles. The number of anilines is 1. The van der Waals surface area contributed by atoms with Crippen LogP contribution in [-0.2, 0) is 14.8 Å². The minimum Gasteiger partial charge on any atom is -0.462 e. The summed E-state index contributed by atoms with van der Waals surface area (Å²) in [5, 5.41) is 0. The Morgan fingerprint density at radius 3 is 2.37 bits per heavy atom. The molecule has 0 N–H and O–H groups in total. The molecule has 0 unspecified atom stereocenters. The van der Waals surface area contributed by atoms with Crippen molar-refractivity contribution in [3.63, 3.8) is 0 Å². The summed E-state index contributed by atoms with van der Waals surface area (Å²) < 4.78 is 45.2. The molecule has 27 heavy (non-hydrogen) atoms. The van der Waals surface area contributed by atoms with Crippen LogP contribution in [0, 0.1) is 5.82 Å². The smallest absolute Gasteiger partial charge is 0.338 e. The van der Waals surface area contributed by atoms with Gasteiger partial charge in [0.15, 0.2) is 0 Å². The van der Waals surface area contributed by atoms with Gasteiger partial charge in [0.2, 0.25) is 10.0 Å². The molecule has 0 spiro atoms. The van der Waals surface area contributed by atoms with Crippen molar-refractivity contribution in [3.05, 3.63) is 59.9 Å². The number of rotatable bonds is 5. The lowest BCUT2D eigenvalue weighted by atomic mass is 10.2. The summed E-state index contributed by atoms with van der Waals surface area (Å²) in [5.41, 5.74) is 1.07. The van der Waals surface area contributed by atoms with E-state index in [2.05, 4.69) is 0 Å². The predicted molar refractivity (Wildman–Crippen MR) is 99.8 cm³/mol. The zero-order valence-corrected chi connectivity index (χ0v) is 15.8. The Kier molecular flexibility index (Phi) is 5.76. The van der Waals surface area contributed by atoms with E-state index in [0.29, 0.717) is 26.2 Å². The molecule has 3 rings (SSSR count). The van der Waals surface area contributed by atoms with Crippen molar-refractivity contribution in [1.29, 1.82) is 0 Å². The first-order valence-electron chi connectivity index (χ1n) is 8.69.